The molecule has 0 saturated carbocycles. The molecule has 17 heavy (non-hydrogen) atoms. The van der Waals surface area contributed by atoms with Crippen LogP contribution < -0.4 is 4.90 Å². The van der Waals surface area contributed by atoms with Crippen molar-refractivity contribution in [3.63, 3.8) is 0 Å². The molecule has 1 saturated heterocycles. The maximum atomic E-state index is 13.3. The summed E-state index contributed by atoms with van der Waals surface area (Å²) in [6, 6.07) is 4.36. The predicted octanol–water partition coefficient (Wildman–Crippen LogP) is 2.61. The summed E-state index contributed by atoms with van der Waals surface area (Å²) in [6.45, 7) is 3.39. The number of carboxylic acids is 1. The van der Waals surface area contributed by atoms with E-state index < -0.39 is 11.9 Å². The molecule has 0 bridgehead atoms. The Kier molecular flexibility index (Phi) is 3.31. The van der Waals surface area contributed by atoms with Gasteiger partial charge in [0, 0.05) is 18.8 Å². The summed E-state index contributed by atoms with van der Waals surface area (Å²) in [5.74, 6) is -1.79. The standard InChI is InChI=1S/C13H16FNO2/c1-9(13(16)17)11-5-4-10(14)8-12(11)15-6-2-3-7-15/h4-5,8-9H,2-3,6-7H2,1H3,(H,16,17). The maximum absolute atomic E-state index is 13.3. The zero-order valence-corrected chi connectivity index (χ0v) is 9.82. The second-order valence-corrected chi connectivity index (χ2v) is 4.46. The predicted molar refractivity (Wildman–Crippen MR) is 63.9 cm³/mol. The number of carbonyl (C=O) groups is 1. The molecule has 0 spiro atoms. The second kappa shape index (κ2) is 4.73. The molecule has 0 amide bonds. The van der Waals surface area contributed by atoms with E-state index in [2.05, 4.69) is 4.90 Å². The Morgan fingerprint density at radius 2 is 2.06 bits per heavy atom. The lowest BCUT2D eigenvalue weighted by molar-refractivity contribution is -0.138. The van der Waals surface area contributed by atoms with E-state index >= 15 is 0 Å². The third-order valence-electron chi connectivity index (χ3n) is 3.28. The van der Waals surface area contributed by atoms with Gasteiger partial charge in [0.15, 0.2) is 0 Å². The fraction of sp³-hybridized carbons (Fsp3) is 0.462. The second-order valence-electron chi connectivity index (χ2n) is 4.46. The maximum Gasteiger partial charge on any atom is 0.310 e. The first-order valence-electron chi connectivity index (χ1n) is 5.87. The lowest BCUT2D eigenvalue weighted by atomic mass is 9.98. The first-order valence-corrected chi connectivity index (χ1v) is 5.87. The van der Waals surface area contributed by atoms with E-state index in [0.29, 0.717) is 5.56 Å². The first kappa shape index (κ1) is 11.9. The van der Waals surface area contributed by atoms with Crippen LogP contribution in [0.1, 0.15) is 31.2 Å². The number of benzene rings is 1. The van der Waals surface area contributed by atoms with Crippen LogP contribution in [0.15, 0.2) is 18.2 Å². The molecule has 1 aromatic carbocycles. The Morgan fingerprint density at radius 1 is 1.41 bits per heavy atom. The van der Waals surface area contributed by atoms with Gasteiger partial charge < -0.3 is 10.0 Å². The van der Waals surface area contributed by atoms with Crippen LogP contribution in [0.3, 0.4) is 0 Å². The van der Waals surface area contributed by atoms with Gasteiger partial charge in [0.2, 0.25) is 0 Å². The minimum atomic E-state index is -0.878. The summed E-state index contributed by atoms with van der Waals surface area (Å²) in [4.78, 5) is 13.1. The Balaban J connectivity index is 2.39. The van der Waals surface area contributed by atoms with E-state index in [1.165, 1.54) is 12.1 Å². The van der Waals surface area contributed by atoms with Gasteiger partial charge in [-0.3, -0.25) is 4.79 Å². The van der Waals surface area contributed by atoms with E-state index in [1.54, 1.807) is 13.0 Å². The fourth-order valence-electron chi connectivity index (χ4n) is 2.25. The zero-order chi connectivity index (χ0) is 12.4. The van der Waals surface area contributed by atoms with Crippen molar-refractivity contribution < 1.29 is 14.3 Å². The zero-order valence-electron chi connectivity index (χ0n) is 9.82. The van der Waals surface area contributed by atoms with Gasteiger partial charge in [0.25, 0.3) is 0 Å². The van der Waals surface area contributed by atoms with Crippen LogP contribution in [-0.2, 0) is 4.79 Å². The number of anilines is 1. The van der Waals surface area contributed by atoms with Crippen LogP contribution in [0.5, 0.6) is 0 Å². The third-order valence-corrected chi connectivity index (χ3v) is 3.28. The summed E-state index contributed by atoms with van der Waals surface area (Å²) >= 11 is 0. The molecule has 0 radical (unpaired) electrons. The van der Waals surface area contributed by atoms with E-state index in [-0.39, 0.29) is 5.82 Å². The lowest BCUT2D eigenvalue weighted by Crippen LogP contribution is -2.21. The molecule has 1 unspecified atom stereocenters. The van der Waals surface area contributed by atoms with Gasteiger partial charge in [-0.05, 0) is 37.5 Å². The fourth-order valence-corrected chi connectivity index (χ4v) is 2.25. The van der Waals surface area contributed by atoms with Gasteiger partial charge >= 0.3 is 5.97 Å². The Hall–Kier alpha value is -1.58. The van der Waals surface area contributed by atoms with Crippen LogP contribution in [0, 0.1) is 5.82 Å². The number of hydrogen-bond donors (Lipinski definition) is 1. The highest BCUT2D eigenvalue weighted by Crippen LogP contribution is 2.31. The highest BCUT2D eigenvalue weighted by Gasteiger charge is 2.22. The summed E-state index contributed by atoms with van der Waals surface area (Å²) in [6.07, 6.45) is 2.16. The van der Waals surface area contributed by atoms with E-state index in [0.717, 1.165) is 31.6 Å². The lowest BCUT2D eigenvalue weighted by Gasteiger charge is -2.23. The van der Waals surface area contributed by atoms with Gasteiger partial charge in [0.05, 0.1) is 5.92 Å². The van der Waals surface area contributed by atoms with Gasteiger partial charge in [-0.1, -0.05) is 6.07 Å². The smallest absolute Gasteiger partial charge is 0.310 e. The molecule has 1 N–H and O–H groups in total. The molecule has 0 aromatic heterocycles. The Morgan fingerprint density at radius 3 is 2.65 bits per heavy atom. The topological polar surface area (TPSA) is 40.5 Å². The molecule has 0 aliphatic carbocycles. The normalized spacial score (nSPS) is 17.2. The van der Waals surface area contributed by atoms with Crippen LogP contribution in [0.2, 0.25) is 0 Å². The van der Waals surface area contributed by atoms with Gasteiger partial charge in [-0.15, -0.1) is 0 Å². The van der Waals surface area contributed by atoms with Gasteiger partial charge in [0.1, 0.15) is 5.82 Å². The van der Waals surface area contributed by atoms with E-state index in [1.807, 2.05) is 0 Å². The minimum Gasteiger partial charge on any atom is -0.481 e. The first-order chi connectivity index (χ1) is 8.09. The van der Waals surface area contributed by atoms with E-state index in [9.17, 15) is 9.18 Å². The molecule has 1 aromatic rings. The molecule has 4 heteroatoms. The Bertz CT molecular complexity index is 427. The highest BCUT2D eigenvalue weighted by molar-refractivity contribution is 5.78. The average Bonchev–Trinajstić information content (AvgIpc) is 2.81. The SMILES string of the molecule is CC(C(=O)O)c1ccc(F)cc1N1CCCC1. The van der Waals surface area contributed by atoms with Crippen LogP contribution >= 0.6 is 0 Å². The average molecular weight is 237 g/mol. The van der Waals surface area contributed by atoms with Crippen LogP contribution in [-0.4, -0.2) is 24.2 Å². The largest absolute Gasteiger partial charge is 0.481 e. The third kappa shape index (κ3) is 2.40. The quantitative estimate of drug-likeness (QED) is 0.878. The number of hydrogen-bond acceptors (Lipinski definition) is 2. The summed E-state index contributed by atoms with van der Waals surface area (Å²) < 4.78 is 13.3. The van der Waals surface area contributed by atoms with Gasteiger partial charge in [-0.2, -0.15) is 0 Å². The molecule has 3 nitrogen and oxygen atoms in total. The molecule has 2 rings (SSSR count). The van der Waals surface area contributed by atoms with Crippen LogP contribution in [0.25, 0.3) is 0 Å². The number of halogens is 1. The minimum absolute atomic E-state index is 0.312. The van der Waals surface area contributed by atoms with Crippen molar-refractivity contribution in [2.75, 3.05) is 18.0 Å². The Labute approximate surface area is 99.9 Å². The monoisotopic (exact) mass is 237 g/mol. The molecule has 1 aliphatic rings. The van der Waals surface area contributed by atoms with Gasteiger partial charge in [-0.25, -0.2) is 4.39 Å². The number of rotatable bonds is 3. The molecular weight excluding hydrogens is 221 g/mol. The summed E-state index contributed by atoms with van der Waals surface area (Å²) in [5, 5.41) is 9.06. The number of nitrogens with zero attached hydrogens (tertiary/aromatic N) is 1. The molecular formula is C13H16FNO2. The number of carboxylic acid groups (broad SMARTS) is 1. The molecule has 1 fully saturated rings. The summed E-state index contributed by atoms with van der Waals surface area (Å²) in [7, 11) is 0. The molecule has 1 atom stereocenters. The van der Waals surface area contributed by atoms with Crippen molar-refractivity contribution in [2.45, 2.75) is 25.7 Å². The highest BCUT2D eigenvalue weighted by atomic mass is 19.1. The van der Waals surface area contributed by atoms with Crippen molar-refractivity contribution in [3.8, 4) is 0 Å². The van der Waals surface area contributed by atoms with Crippen molar-refractivity contribution in [1.29, 1.82) is 0 Å². The van der Waals surface area contributed by atoms with E-state index in [4.69, 9.17) is 5.11 Å². The van der Waals surface area contributed by atoms with Crippen molar-refractivity contribution in [3.05, 3.63) is 29.6 Å². The van der Waals surface area contributed by atoms with Crippen molar-refractivity contribution in [2.24, 2.45) is 0 Å². The van der Waals surface area contributed by atoms with Crippen molar-refractivity contribution in [1.82, 2.24) is 0 Å². The van der Waals surface area contributed by atoms with Crippen LogP contribution in [0.4, 0.5) is 10.1 Å². The molecule has 92 valence electrons. The molecule has 1 heterocycles. The molecule has 1 aliphatic heterocycles. The number of aliphatic carboxylic acids is 1. The summed E-state index contributed by atoms with van der Waals surface area (Å²) in [5.41, 5.74) is 1.43. The van der Waals surface area contributed by atoms with Crippen molar-refractivity contribution >= 4 is 11.7 Å².